The summed E-state index contributed by atoms with van der Waals surface area (Å²) in [5.74, 6) is -1.64. The molecule has 2 N–H and O–H groups in total. The molecule has 10 heteroatoms. The Morgan fingerprint density at radius 2 is 1.82 bits per heavy atom. The molecule has 8 nitrogen and oxygen atoms in total. The minimum Gasteiger partial charge on any atom is -0.546 e. The number of alkyl halides is 1. The average Bonchev–Trinajstić information content (AvgIpc) is 3.05. The lowest BCUT2D eigenvalue weighted by Crippen LogP contribution is -2.66. The lowest BCUT2D eigenvalue weighted by Gasteiger charge is -2.63. The van der Waals surface area contributed by atoms with Crippen molar-refractivity contribution >= 4 is 31.9 Å². The monoisotopic (exact) mass is 577 g/mol. The van der Waals surface area contributed by atoms with Crippen LogP contribution in [0.25, 0.3) is 0 Å². The minimum absolute atomic E-state index is 0.133. The summed E-state index contributed by atoms with van der Waals surface area (Å²) in [4.78, 5) is 50.2. The van der Waals surface area contributed by atoms with Crippen LogP contribution in [0.15, 0.2) is 23.5 Å². The van der Waals surface area contributed by atoms with Gasteiger partial charge in [0.05, 0.1) is 16.6 Å². The van der Waals surface area contributed by atoms with Gasteiger partial charge in [-0.1, -0.05) is 13.8 Å². The van der Waals surface area contributed by atoms with Crippen molar-refractivity contribution in [3.63, 3.8) is 0 Å². The van der Waals surface area contributed by atoms with E-state index in [1.54, 1.807) is 13.0 Å². The summed E-state index contributed by atoms with van der Waals surface area (Å²) >= 11 is 0. The predicted octanol–water partition coefficient (Wildman–Crippen LogP) is 5.59. The first-order valence-electron chi connectivity index (χ1n) is 14.4. The Labute approximate surface area is 237 Å². The van der Waals surface area contributed by atoms with Crippen LogP contribution in [0.1, 0.15) is 66.7 Å². The van der Waals surface area contributed by atoms with Gasteiger partial charge in [-0.25, -0.2) is 9.18 Å². The number of carboxylic acid groups (broad SMARTS) is 1. The molecule has 0 heterocycles. The largest absolute Gasteiger partial charge is 0.546 e. The molecule has 222 valence electrons. The van der Waals surface area contributed by atoms with Gasteiger partial charge < -0.3 is 19.6 Å². The van der Waals surface area contributed by atoms with Crippen molar-refractivity contribution < 1.29 is 37.8 Å². The van der Waals surface area contributed by atoms with E-state index >= 15 is 4.39 Å². The van der Waals surface area contributed by atoms with E-state index < -0.39 is 60.9 Å². The van der Waals surface area contributed by atoms with E-state index in [0.717, 1.165) is 5.57 Å². The van der Waals surface area contributed by atoms with Crippen LogP contribution in [0.2, 0.25) is 19.6 Å². The molecular weight excluding hydrogens is 533 g/mol. The van der Waals surface area contributed by atoms with Gasteiger partial charge in [0.1, 0.15) is 5.67 Å². The van der Waals surface area contributed by atoms with E-state index in [1.807, 2.05) is 40.4 Å². The van der Waals surface area contributed by atoms with Gasteiger partial charge in [0.2, 0.25) is 8.32 Å². The van der Waals surface area contributed by atoms with E-state index in [9.17, 15) is 24.3 Å². The van der Waals surface area contributed by atoms with Crippen molar-refractivity contribution in [2.24, 2.45) is 34.0 Å². The molecule has 0 aliphatic heterocycles. The number of hydrogen-bond acceptors (Lipinski definition) is 6. The summed E-state index contributed by atoms with van der Waals surface area (Å²) in [5, 5.41) is 12.2. The molecule has 0 spiro atoms. The fourth-order valence-electron chi connectivity index (χ4n) is 9.39. The second-order valence-electron chi connectivity index (χ2n) is 13.8. The third-order valence-corrected chi connectivity index (χ3v) is 11.6. The van der Waals surface area contributed by atoms with Crippen molar-refractivity contribution in [3.8, 4) is 0 Å². The van der Waals surface area contributed by atoms with Crippen LogP contribution in [0, 0.1) is 34.0 Å². The molecule has 1 amide bonds. The highest BCUT2D eigenvalue weighted by Crippen LogP contribution is 2.74. The van der Waals surface area contributed by atoms with Crippen LogP contribution in [0.3, 0.4) is 0 Å². The first-order valence-corrected chi connectivity index (χ1v) is 17.8. The number of esters is 1. The molecule has 0 radical (unpaired) electrons. The smallest absolute Gasteiger partial charge is 0.404 e. The molecule has 0 aromatic rings. The van der Waals surface area contributed by atoms with E-state index in [1.165, 1.54) is 13.0 Å². The second kappa shape index (κ2) is 9.81. The predicted molar refractivity (Wildman–Crippen MR) is 150 cm³/mol. The van der Waals surface area contributed by atoms with Gasteiger partial charge in [-0.2, -0.15) is 0 Å². The maximum absolute atomic E-state index is 18.0. The number of Topliss-reactive ketones (excluding diaryl/α,β-unsaturated/α-hetero) is 1. The summed E-state index contributed by atoms with van der Waals surface area (Å²) in [6.45, 7) is 14.3. The molecule has 40 heavy (non-hydrogen) atoms. The Kier molecular flexibility index (Phi) is 7.47. The number of nitrogens with one attached hydrogen (secondary N) is 1. The molecular formula is C30H44FNO7Si. The molecule has 4 aliphatic carbocycles. The van der Waals surface area contributed by atoms with Crippen LogP contribution < -0.4 is 5.32 Å². The van der Waals surface area contributed by atoms with Crippen molar-refractivity contribution in [1.82, 2.24) is 5.32 Å². The summed E-state index contributed by atoms with van der Waals surface area (Å²) in [7, 11) is -2.19. The minimum atomic E-state index is -2.19. The lowest BCUT2D eigenvalue weighted by atomic mass is 9.43. The Bertz CT molecular complexity index is 1190. The topological polar surface area (TPSA) is 119 Å². The first kappa shape index (κ1) is 30.5. The number of halogens is 1. The molecule has 4 aliphatic rings. The summed E-state index contributed by atoms with van der Waals surface area (Å²) < 4.78 is 29.6. The van der Waals surface area contributed by atoms with Crippen molar-refractivity contribution in [1.29, 1.82) is 0 Å². The fourth-order valence-corrected chi connectivity index (χ4v) is 10.3. The van der Waals surface area contributed by atoms with Gasteiger partial charge in [0.25, 0.3) is 0 Å². The molecule has 3 fully saturated rings. The second-order valence-corrected chi connectivity index (χ2v) is 18.3. The molecule has 0 aromatic heterocycles. The van der Waals surface area contributed by atoms with E-state index in [2.05, 4.69) is 5.32 Å². The van der Waals surface area contributed by atoms with Crippen LogP contribution >= 0.6 is 0 Å². The SMILES string of the molecule is CC(=O)OCC(=O)[C@]1(C(C)NC(=O)O)[C@@H](C)CC2C3CCC4=CC(=O)C=C(O[Si](C)(C)C)[C@]4(C)C3(F)CC[C@@]21C. The third-order valence-electron chi connectivity index (χ3n) is 10.8. The fraction of sp³-hybridized carbons (Fsp3) is 0.733. The quantitative estimate of drug-likeness (QED) is 0.299. The van der Waals surface area contributed by atoms with Crippen LogP contribution in [0.4, 0.5) is 9.18 Å². The van der Waals surface area contributed by atoms with Crippen molar-refractivity contribution in [3.05, 3.63) is 23.5 Å². The normalized spacial score (nSPS) is 39.5. The highest BCUT2D eigenvalue weighted by Gasteiger charge is 2.75. The van der Waals surface area contributed by atoms with Gasteiger partial charge >= 0.3 is 12.1 Å². The number of ether oxygens (including phenoxy) is 1. The van der Waals surface area contributed by atoms with E-state index in [4.69, 9.17) is 9.16 Å². The Hall–Kier alpha value is -2.49. The van der Waals surface area contributed by atoms with Gasteiger partial charge in [-0.05, 0) is 100 Å². The number of allylic oxidation sites excluding steroid dienone is 3. The number of carbonyl (C=O) groups is 4. The van der Waals surface area contributed by atoms with Gasteiger partial charge in [-0.15, -0.1) is 0 Å². The Morgan fingerprint density at radius 3 is 2.40 bits per heavy atom. The summed E-state index contributed by atoms with van der Waals surface area (Å²) in [5.41, 5.74) is -4.00. The molecule has 0 saturated heterocycles. The van der Waals surface area contributed by atoms with E-state index in [-0.39, 0.29) is 29.8 Å². The summed E-state index contributed by atoms with van der Waals surface area (Å²) in [6.07, 6.45) is 3.86. The maximum atomic E-state index is 18.0. The van der Waals surface area contributed by atoms with Gasteiger partial charge in [-0.3, -0.25) is 14.4 Å². The standard InChI is InChI=1S/C30H44FNO7Si/c1-17-13-23-22-10-9-20-14-21(34)15-25(39-40(6,7)8)28(20,5)29(22,31)12-11-27(23,4)30(17,18(2)32-26(36)37)24(35)16-38-19(3)33/h14-15,17-18,22-23,32H,9-13,16H2,1-8H3,(H,36,37)/t17-,18?,22?,23?,27-,28+,29?,30+/m0/s1. The highest BCUT2D eigenvalue weighted by molar-refractivity contribution is 6.70. The summed E-state index contributed by atoms with van der Waals surface area (Å²) in [6, 6.07) is -0.780. The molecule has 3 saturated carbocycles. The molecule has 8 atom stereocenters. The zero-order valence-electron chi connectivity index (χ0n) is 25.0. The van der Waals surface area contributed by atoms with Crippen molar-refractivity contribution in [2.75, 3.05) is 6.61 Å². The third kappa shape index (κ3) is 4.27. The first-order chi connectivity index (χ1) is 18.3. The number of rotatable bonds is 7. The Balaban J connectivity index is 1.83. The zero-order chi connectivity index (χ0) is 30.1. The number of ketones is 2. The van der Waals surface area contributed by atoms with E-state index in [0.29, 0.717) is 31.4 Å². The number of fused-ring (bicyclic) bond motifs is 5. The van der Waals surface area contributed by atoms with Gasteiger partial charge in [0, 0.05) is 19.0 Å². The molecule has 0 aromatic carbocycles. The average molecular weight is 578 g/mol. The Morgan fingerprint density at radius 1 is 1.18 bits per heavy atom. The van der Waals surface area contributed by atoms with Crippen LogP contribution in [-0.4, -0.2) is 55.4 Å². The molecule has 0 bridgehead atoms. The number of hydrogen-bond donors (Lipinski definition) is 2. The lowest BCUT2D eigenvalue weighted by molar-refractivity contribution is -0.172. The van der Waals surface area contributed by atoms with Crippen LogP contribution in [0.5, 0.6) is 0 Å². The van der Waals surface area contributed by atoms with Crippen LogP contribution in [-0.2, 0) is 23.5 Å². The van der Waals surface area contributed by atoms with Crippen molar-refractivity contribution in [2.45, 2.75) is 98.1 Å². The zero-order valence-corrected chi connectivity index (χ0v) is 26.0. The number of amides is 1. The number of carbonyl (C=O) groups excluding carboxylic acids is 3. The molecule has 4 unspecified atom stereocenters. The molecule has 4 rings (SSSR count). The maximum Gasteiger partial charge on any atom is 0.404 e. The van der Waals surface area contributed by atoms with Gasteiger partial charge in [0.15, 0.2) is 18.2 Å². The highest BCUT2D eigenvalue weighted by atomic mass is 28.4.